The van der Waals surface area contributed by atoms with Gasteiger partial charge in [-0.15, -0.1) is 0 Å². The molecule has 0 atom stereocenters. The molecule has 0 spiro atoms. The summed E-state index contributed by atoms with van der Waals surface area (Å²) in [4.78, 5) is 15.8. The third-order valence-electron chi connectivity index (χ3n) is 2.67. The van der Waals surface area contributed by atoms with Crippen LogP contribution in [0.5, 0.6) is 0 Å². The van der Waals surface area contributed by atoms with Crippen molar-refractivity contribution in [3.05, 3.63) is 58.3 Å². The molecule has 6 heteroatoms. The van der Waals surface area contributed by atoms with Crippen LogP contribution in [0, 0.1) is 21.4 Å². The minimum atomic E-state index is -0.500. The van der Waals surface area contributed by atoms with Gasteiger partial charge in [0.25, 0.3) is 5.69 Å². The maximum atomic E-state index is 10.6. The Bertz CT molecular complexity index is 646. The molecule has 1 aromatic heterocycles. The van der Waals surface area contributed by atoms with E-state index in [4.69, 9.17) is 5.26 Å². The first-order valence-electron chi connectivity index (χ1n) is 5.47. The highest BCUT2D eigenvalue weighted by Gasteiger charge is 2.11. The number of benzene rings is 1. The van der Waals surface area contributed by atoms with Gasteiger partial charge in [0.15, 0.2) is 0 Å². The van der Waals surface area contributed by atoms with Crippen molar-refractivity contribution in [1.29, 1.82) is 5.26 Å². The van der Waals surface area contributed by atoms with Crippen molar-refractivity contribution in [2.45, 2.75) is 0 Å². The van der Waals surface area contributed by atoms with Crippen molar-refractivity contribution < 1.29 is 4.92 Å². The number of anilines is 2. The number of pyridine rings is 1. The molecule has 2 aromatic rings. The van der Waals surface area contributed by atoms with E-state index in [0.29, 0.717) is 17.1 Å². The molecular weight excluding hydrogens is 244 g/mol. The molecule has 0 aliphatic heterocycles. The summed E-state index contributed by atoms with van der Waals surface area (Å²) in [5.74, 6) is 0.535. The van der Waals surface area contributed by atoms with E-state index in [2.05, 4.69) is 11.1 Å². The number of hydrogen-bond acceptors (Lipinski definition) is 5. The van der Waals surface area contributed by atoms with Gasteiger partial charge in [-0.3, -0.25) is 10.1 Å². The van der Waals surface area contributed by atoms with E-state index in [1.807, 2.05) is 6.07 Å². The summed E-state index contributed by atoms with van der Waals surface area (Å²) >= 11 is 0. The van der Waals surface area contributed by atoms with Gasteiger partial charge in [0.1, 0.15) is 18.1 Å². The highest BCUT2D eigenvalue weighted by molar-refractivity contribution is 5.66. The highest BCUT2D eigenvalue weighted by atomic mass is 16.6. The number of nitriles is 1. The Kier molecular flexibility index (Phi) is 3.39. The van der Waals surface area contributed by atoms with E-state index in [-0.39, 0.29) is 5.69 Å². The van der Waals surface area contributed by atoms with Crippen LogP contribution in [0.1, 0.15) is 5.56 Å². The molecule has 0 aliphatic rings. The van der Waals surface area contributed by atoms with Crippen molar-refractivity contribution in [1.82, 2.24) is 4.98 Å². The predicted octanol–water partition coefficient (Wildman–Crippen LogP) is 2.63. The lowest BCUT2D eigenvalue weighted by atomic mass is 10.2. The summed E-state index contributed by atoms with van der Waals surface area (Å²) in [5.41, 5.74) is 1.15. The number of para-hydroxylation sites is 1. The average Bonchev–Trinajstić information content (AvgIpc) is 2.46. The zero-order chi connectivity index (χ0) is 13.8. The molecule has 0 radical (unpaired) electrons. The average molecular weight is 254 g/mol. The fourth-order valence-electron chi connectivity index (χ4n) is 1.67. The van der Waals surface area contributed by atoms with E-state index in [0.717, 1.165) is 0 Å². The van der Waals surface area contributed by atoms with Crippen LogP contribution in [0.3, 0.4) is 0 Å². The summed E-state index contributed by atoms with van der Waals surface area (Å²) in [7, 11) is 1.75. The lowest BCUT2D eigenvalue weighted by Crippen LogP contribution is -2.12. The normalized spacial score (nSPS) is 9.68. The van der Waals surface area contributed by atoms with Gasteiger partial charge < -0.3 is 4.90 Å². The molecule has 0 saturated heterocycles. The Morgan fingerprint density at radius 2 is 2.05 bits per heavy atom. The molecule has 0 bridgehead atoms. The van der Waals surface area contributed by atoms with Gasteiger partial charge in [-0.25, -0.2) is 4.98 Å². The summed E-state index contributed by atoms with van der Waals surface area (Å²) in [6.45, 7) is 0. The first kappa shape index (κ1) is 12.5. The fourth-order valence-corrected chi connectivity index (χ4v) is 1.67. The molecule has 0 fully saturated rings. The molecule has 94 valence electrons. The Hall–Kier alpha value is -2.94. The highest BCUT2D eigenvalue weighted by Crippen LogP contribution is 2.25. The number of nitro groups is 1. The Morgan fingerprint density at radius 1 is 1.32 bits per heavy atom. The maximum Gasteiger partial charge on any atom is 0.287 e. The summed E-state index contributed by atoms with van der Waals surface area (Å²) < 4.78 is 0. The van der Waals surface area contributed by atoms with Crippen molar-refractivity contribution in [3.63, 3.8) is 0 Å². The van der Waals surface area contributed by atoms with Crippen LogP contribution >= 0.6 is 0 Å². The molecule has 1 aromatic carbocycles. The largest absolute Gasteiger partial charge is 0.328 e. The second-order valence-corrected chi connectivity index (χ2v) is 3.82. The zero-order valence-corrected chi connectivity index (χ0v) is 10.1. The summed E-state index contributed by atoms with van der Waals surface area (Å²) in [6.07, 6.45) is 1.20. The van der Waals surface area contributed by atoms with E-state index < -0.39 is 4.92 Å². The minimum Gasteiger partial charge on any atom is -0.328 e. The van der Waals surface area contributed by atoms with Gasteiger partial charge >= 0.3 is 0 Å². The Labute approximate surface area is 109 Å². The number of hydrogen-bond donors (Lipinski definition) is 0. The van der Waals surface area contributed by atoms with Crippen molar-refractivity contribution >= 4 is 17.2 Å². The van der Waals surface area contributed by atoms with Gasteiger partial charge in [0.05, 0.1) is 16.2 Å². The standard InChI is InChI=1S/C13H10N4O2/c1-16(12-5-3-2-4-10(12)8-14)13-7-6-11(9-15-13)17(18)19/h2-7,9H,1H3. The minimum absolute atomic E-state index is 0.0641. The van der Waals surface area contributed by atoms with Gasteiger partial charge in [-0.2, -0.15) is 5.26 Å². The van der Waals surface area contributed by atoms with E-state index >= 15 is 0 Å². The third-order valence-corrected chi connectivity index (χ3v) is 2.67. The van der Waals surface area contributed by atoms with Crippen LogP contribution in [0.25, 0.3) is 0 Å². The summed E-state index contributed by atoms with van der Waals surface area (Å²) in [5, 5.41) is 19.6. The number of nitrogens with zero attached hydrogens (tertiary/aromatic N) is 4. The molecule has 0 amide bonds. The zero-order valence-electron chi connectivity index (χ0n) is 10.1. The Balaban J connectivity index is 2.36. The number of rotatable bonds is 3. The van der Waals surface area contributed by atoms with E-state index in [9.17, 15) is 10.1 Å². The molecule has 0 N–H and O–H groups in total. The Morgan fingerprint density at radius 3 is 2.63 bits per heavy atom. The first-order valence-corrected chi connectivity index (χ1v) is 5.47. The van der Waals surface area contributed by atoms with E-state index in [1.54, 1.807) is 36.2 Å². The second-order valence-electron chi connectivity index (χ2n) is 3.82. The van der Waals surface area contributed by atoms with Gasteiger partial charge in [0, 0.05) is 13.1 Å². The van der Waals surface area contributed by atoms with Gasteiger partial charge in [-0.05, 0) is 18.2 Å². The molecule has 0 aliphatic carbocycles. The number of aromatic nitrogens is 1. The summed E-state index contributed by atoms with van der Waals surface area (Å²) in [6, 6.07) is 12.1. The lowest BCUT2D eigenvalue weighted by Gasteiger charge is -2.19. The molecule has 0 unspecified atom stereocenters. The van der Waals surface area contributed by atoms with Crippen LogP contribution < -0.4 is 4.90 Å². The SMILES string of the molecule is CN(c1ccc([N+](=O)[O-])cn1)c1ccccc1C#N. The van der Waals surface area contributed by atoms with Gasteiger partial charge in [0.2, 0.25) is 0 Å². The predicted molar refractivity (Wildman–Crippen MR) is 70.1 cm³/mol. The maximum absolute atomic E-state index is 10.6. The fraction of sp³-hybridized carbons (Fsp3) is 0.0769. The topological polar surface area (TPSA) is 83.1 Å². The van der Waals surface area contributed by atoms with Crippen molar-refractivity contribution in [2.75, 3.05) is 11.9 Å². The molecule has 2 rings (SSSR count). The molecular formula is C13H10N4O2. The van der Waals surface area contributed by atoms with Crippen LogP contribution in [0.2, 0.25) is 0 Å². The molecule has 0 saturated carbocycles. The monoisotopic (exact) mass is 254 g/mol. The van der Waals surface area contributed by atoms with Crippen LogP contribution in [-0.4, -0.2) is 17.0 Å². The molecule has 19 heavy (non-hydrogen) atoms. The van der Waals surface area contributed by atoms with Crippen LogP contribution in [0.4, 0.5) is 17.2 Å². The van der Waals surface area contributed by atoms with Crippen molar-refractivity contribution in [3.8, 4) is 6.07 Å². The van der Waals surface area contributed by atoms with Crippen LogP contribution in [0.15, 0.2) is 42.6 Å². The smallest absolute Gasteiger partial charge is 0.287 e. The molecule has 6 nitrogen and oxygen atoms in total. The molecule has 1 heterocycles. The van der Waals surface area contributed by atoms with Crippen molar-refractivity contribution in [2.24, 2.45) is 0 Å². The quantitative estimate of drug-likeness (QED) is 0.621. The first-order chi connectivity index (χ1) is 9.13. The second kappa shape index (κ2) is 5.14. The van der Waals surface area contributed by atoms with Gasteiger partial charge in [-0.1, -0.05) is 12.1 Å². The van der Waals surface area contributed by atoms with Crippen LogP contribution in [-0.2, 0) is 0 Å². The van der Waals surface area contributed by atoms with E-state index in [1.165, 1.54) is 12.3 Å². The third kappa shape index (κ3) is 2.50. The lowest BCUT2D eigenvalue weighted by molar-refractivity contribution is -0.385.